The summed E-state index contributed by atoms with van der Waals surface area (Å²) >= 11 is 1.48. The molecule has 2 aromatic carbocycles. The van der Waals surface area contributed by atoms with Gasteiger partial charge < -0.3 is 4.74 Å². The van der Waals surface area contributed by atoms with Gasteiger partial charge in [0.15, 0.2) is 0 Å². The summed E-state index contributed by atoms with van der Waals surface area (Å²) in [6.07, 6.45) is 2.89. The van der Waals surface area contributed by atoms with E-state index in [1.54, 1.807) is 7.11 Å². The van der Waals surface area contributed by atoms with Crippen molar-refractivity contribution in [3.8, 4) is 23.1 Å². The zero-order valence-electron chi connectivity index (χ0n) is 14.2. The highest BCUT2D eigenvalue weighted by Crippen LogP contribution is 2.28. The average molecular weight is 346 g/mol. The minimum atomic E-state index is 0.578. The van der Waals surface area contributed by atoms with Gasteiger partial charge in [-0.2, -0.15) is 5.26 Å². The van der Waals surface area contributed by atoms with Crippen molar-refractivity contribution in [1.82, 2.24) is 4.98 Å². The van der Waals surface area contributed by atoms with Gasteiger partial charge in [0.05, 0.1) is 18.4 Å². The maximum atomic E-state index is 9.52. The summed E-state index contributed by atoms with van der Waals surface area (Å²) in [5.41, 5.74) is 4.74. The van der Waals surface area contributed by atoms with Gasteiger partial charge in [0, 0.05) is 10.9 Å². The summed E-state index contributed by atoms with van der Waals surface area (Å²) in [5, 5.41) is 12.2. The topological polar surface area (TPSA) is 45.9 Å². The van der Waals surface area contributed by atoms with E-state index in [1.807, 2.05) is 47.9 Å². The van der Waals surface area contributed by atoms with Crippen LogP contribution in [0.5, 0.6) is 5.75 Å². The molecule has 0 N–H and O–H groups in total. The largest absolute Gasteiger partial charge is 0.497 e. The Hall–Kier alpha value is -2.90. The summed E-state index contributed by atoms with van der Waals surface area (Å²) in [4.78, 5) is 4.62. The number of rotatable bonds is 5. The van der Waals surface area contributed by atoms with E-state index in [2.05, 4.69) is 30.1 Å². The summed E-state index contributed by atoms with van der Waals surface area (Å²) in [5.74, 6) is 0.812. The van der Waals surface area contributed by atoms with Gasteiger partial charge in [0.1, 0.15) is 16.8 Å². The predicted molar refractivity (Wildman–Crippen MR) is 103 cm³/mol. The number of thiazole rings is 1. The van der Waals surface area contributed by atoms with Crippen LogP contribution in [-0.4, -0.2) is 12.1 Å². The van der Waals surface area contributed by atoms with Gasteiger partial charge in [-0.05, 0) is 47.9 Å². The number of allylic oxidation sites excluding steroid dienone is 1. The first-order valence-corrected chi connectivity index (χ1v) is 8.92. The summed E-state index contributed by atoms with van der Waals surface area (Å²) in [6, 6.07) is 18.3. The van der Waals surface area contributed by atoms with Crippen molar-refractivity contribution in [2.45, 2.75) is 13.3 Å². The first kappa shape index (κ1) is 16.9. The van der Waals surface area contributed by atoms with Gasteiger partial charge in [-0.3, -0.25) is 0 Å². The van der Waals surface area contributed by atoms with Crippen molar-refractivity contribution >= 4 is 23.0 Å². The van der Waals surface area contributed by atoms with Crippen molar-refractivity contribution in [3.05, 3.63) is 70.0 Å². The highest BCUT2D eigenvalue weighted by Gasteiger charge is 2.09. The molecule has 3 aromatic rings. The SMILES string of the molecule is CCc1ccc(C=C(C#N)c2nc(-c3ccc(OC)cc3)cs2)cc1. The molecular weight excluding hydrogens is 328 g/mol. The monoisotopic (exact) mass is 346 g/mol. The lowest BCUT2D eigenvalue weighted by Crippen LogP contribution is -1.85. The molecule has 0 radical (unpaired) electrons. The van der Waals surface area contributed by atoms with Crippen LogP contribution in [0.4, 0.5) is 0 Å². The standard InChI is InChI=1S/C21H18N2OS/c1-3-15-4-6-16(7-5-15)12-18(13-22)21-23-20(14-25-21)17-8-10-19(24-2)11-9-17/h4-12,14H,3H2,1-2H3. The number of methoxy groups -OCH3 is 1. The second-order valence-corrected chi connectivity index (χ2v) is 6.39. The number of benzene rings is 2. The van der Waals surface area contributed by atoms with Gasteiger partial charge in [-0.15, -0.1) is 11.3 Å². The van der Waals surface area contributed by atoms with Crippen LogP contribution in [0.15, 0.2) is 53.9 Å². The van der Waals surface area contributed by atoms with E-state index < -0.39 is 0 Å². The normalized spacial score (nSPS) is 11.2. The van der Waals surface area contributed by atoms with Crippen LogP contribution in [0.1, 0.15) is 23.1 Å². The summed E-state index contributed by atoms with van der Waals surface area (Å²) in [6.45, 7) is 2.13. The smallest absolute Gasteiger partial charge is 0.134 e. The first-order chi connectivity index (χ1) is 12.2. The van der Waals surface area contributed by atoms with E-state index in [0.717, 1.165) is 34.0 Å². The summed E-state index contributed by atoms with van der Waals surface area (Å²) < 4.78 is 5.18. The van der Waals surface area contributed by atoms with Gasteiger partial charge in [-0.1, -0.05) is 31.2 Å². The lowest BCUT2D eigenvalue weighted by Gasteiger charge is -2.00. The molecular formula is C21H18N2OS. The molecule has 0 bridgehead atoms. The predicted octanol–water partition coefficient (Wildman–Crippen LogP) is 5.45. The highest BCUT2D eigenvalue weighted by molar-refractivity contribution is 7.11. The van der Waals surface area contributed by atoms with E-state index in [1.165, 1.54) is 16.9 Å². The molecule has 0 atom stereocenters. The van der Waals surface area contributed by atoms with Crippen LogP contribution in [0, 0.1) is 11.3 Å². The first-order valence-electron chi connectivity index (χ1n) is 8.04. The van der Waals surface area contributed by atoms with Crippen molar-refractivity contribution in [1.29, 1.82) is 5.26 Å². The van der Waals surface area contributed by atoms with Gasteiger partial charge >= 0.3 is 0 Å². The molecule has 0 aliphatic rings. The van der Waals surface area contributed by atoms with E-state index in [-0.39, 0.29) is 0 Å². The van der Waals surface area contributed by atoms with Gasteiger partial charge in [-0.25, -0.2) is 4.98 Å². The maximum absolute atomic E-state index is 9.52. The Morgan fingerprint density at radius 1 is 1.16 bits per heavy atom. The van der Waals surface area contributed by atoms with Gasteiger partial charge in [0.2, 0.25) is 0 Å². The number of hydrogen-bond acceptors (Lipinski definition) is 4. The van der Waals surface area contributed by atoms with Crippen molar-refractivity contribution in [2.24, 2.45) is 0 Å². The Balaban J connectivity index is 1.87. The molecule has 1 aromatic heterocycles. The Labute approximate surface area is 151 Å². The molecule has 0 spiro atoms. The molecule has 25 heavy (non-hydrogen) atoms. The van der Waals surface area contributed by atoms with Crippen LogP contribution < -0.4 is 4.74 Å². The molecule has 3 rings (SSSR count). The molecule has 0 aliphatic heterocycles. The Morgan fingerprint density at radius 3 is 2.48 bits per heavy atom. The fraction of sp³-hybridized carbons (Fsp3) is 0.143. The van der Waals surface area contributed by atoms with E-state index in [4.69, 9.17) is 4.74 Å². The third kappa shape index (κ3) is 3.96. The molecule has 4 heteroatoms. The Morgan fingerprint density at radius 2 is 1.88 bits per heavy atom. The van der Waals surface area contributed by atoms with Crippen LogP contribution in [0.2, 0.25) is 0 Å². The quantitative estimate of drug-likeness (QED) is 0.577. The van der Waals surface area contributed by atoms with Gasteiger partial charge in [0.25, 0.3) is 0 Å². The second kappa shape index (κ2) is 7.78. The number of hydrogen-bond donors (Lipinski definition) is 0. The molecule has 0 saturated carbocycles. The summed E-state index contributed by atoms with van der Waals surface area (Å²) in [7, 11) is 1.65. The van der Waals surface area contributed by atoms with Crippen molar-refractivity contribution in [3.63, 3.8) is 0 Å². The molecule has 1 heterocycles. The highest BCUT2D eigenvalue weighted by atomic mass is 32.1. The minimum absolute atomic E-state index is 0.578. The number of aryl methyl sites for hydroxylation is 1. The third-order valence-corrected chi connectivity index (χ3v) is 4.82. The van der Waals surface area contributed by atoms with Crippen LogP contribution in [0.25, 0.3) is 22.9 Å². The molecule has 0 saturated heterocycles. The number of aromatic nitrogens is 1. The fourth-order valence-electron chi connectivity index (χ4n) is 2.45. The zero-order valence-corrected chi connectivity index (χ0v) is 15.0. The maximum Gasteiger partial charge on any atom is 0.134 e. The third-order valence-electron chi connectivity index (χ3n) is 3.94. The number of nitrogens with zero attached hydrogens (tertiary/aromatic N) is 2. The molecule has 3 nitrogen and oxygen atoms in total. The van der Waals surface area contributed by atoms with Crippen LogP contribution in [-0.2, 0) is 6.42 Å². The molecule has 124 valence electrons. The second-order valence-electron chi connectivity index (χ2n) is 5.53. The van der Waals surface area contributed by atoms with Crippen LogP contribution in [0.3, 0.4) is 0 Å². The zero-order chi connectivity index (χ0) is 17.6. The molecule has 0 unspecified atom stereocenters. The minimum Gasteiger partial charge on any atom is -0.497 e. The van der Waals surface area contributed by atoms with E-state index >= 15 is 0 Å². The number of nitriles is 1. The van der Waals surface area contributed by atoms with E-state index in [9.17, 15) is 5.26 Å². The van der Waals surface area contributed by atoms with Crippen molar-refractivity contribution < 1.29 is 4.74 Å². The number of ether oxygens (including phenoxy) is 1. The average Bonchev–Trinajstić information content (AvgIpc) is 3.16. The molecule has 0 aliphatic carbocycles. The fourth-order valence-corrected chi connectivity index (χ4v) is 3.24. The Bertz CT molecular complexity index is 916. The lowest BCUT2D eigenvalue weighted by molar-refractivity contribution is 0.415. The molecule has 0 amide bonds. The lowest BCUT2D eigenvalue weighted by atomic mass is 10.1. The van der Waals surface area contributed by atoms with Crippen LogP contribution >= 0.6 is 11.3 Å². The Kier molecular flexibility index (Phi) is 5.27. The van der Waals surface area contributed by atoms with Crippen molar-refractivity contribution in [2.75, 3.05) is 7.11 Å². The van der Waals surface area contributed by atoms with E-state index in [0.29, 0.717) is 5.57 Å². The molecule has 0 fully saturated rings.